The molecule has 3 atom stereocenters. The number of ether oxygens (including phenoxy) is 6. The minimum absolute atomic E-state index is 0.251. The lowest BCUT2D eigenvalue weighted by molar-refractivity contribution is 0.225. The first-order valence-electron chi connectivity index (χ1n) is 17.7. The molecule has 0 spiro atoms. The summed E-state index contributed by atoms with van der Waals surface area (Å²) >= 11 is 0. The number of methoxy groups -OCH3 is 6. The fourth-order valence-electron chi connectivity index (χ4n) is 7.95. The molecule has 0 saturated carbocycles. The lowest BCUT2D eigenvalue weighted by Crippen LogP contribution is -2.38. The Morgan fingerprint density at radius 2 is 0.714 bits per heavy atom. The Hall–Kier alpha value is -3.70. The van der Waals surface area contributed by atoms with Crippen LogP contribution in [0.5, 0.6) is 34.5 Å². The largest absolute Gasteiger partial charge is 0.493 e. The van der Waals surface area contributed by atoms with Crippen LogP contribution >= 0.6 is 0 Å². The standard InChI is InChI=1S/C39H54N4O6/c1-44-34-19-25-7-13-40-31(28(25)22-37(34)47-4)10-16-43(17-11-32-29-23-38(48-5)35(45-2)20-26(29)8-14-41-32)18-12-33-30-24-39(49-6)36(46-3)21-27(30)9-15-42-33/h19-24,31-33,40-42H,7-18H2,1-6H3. The minimum atomic E-state index is 0.251. The molecule has 3 unspecified atom stereocenters. The molecule has 0 bridgehead atoms. The predicted molar refractivity (Wildman–Crippen MR) is 192 cm³/mol. The van der Waals surface area contributed by atoms with E-state index in [1.807, 2.05) is 0 Å². The number of nitrogens with zero attached hydrogens (tertiary/aromatic N) is 1. The van der Waals surface area contributed by atoms with E-state index in [2.05, 4.69) is 57.2 Å². The summed E-state index contributed by atoms with van der Waals surface area (Å²) in [7, 11) is 10.3. The average molecular weight is 675 g/mol. The van der Waals surface area contributed by atoms with Gasteiger partial charge in [0.1, 0.15) is 0 Å². The van der Waals surface area contributed by atoms with Gasteiger partial charge in [-0.15, -0.1) is 0 Å². The van der Waals surface area contributed by atoms with Crippen LogP contribution in [0, 0.1) is 0 Å². The van der Waals surface area contributed by atoms with Crippen molar-refractivity contribution in [2.75, 3.05) is 81.9 Å². The van der Waals surface area contributed by atoms with Gasteiger partial charge in [-0.05, 0) is 148 Å². The number of benzene rings is 3. The Balaban J connectivity index is 1.21. The van der Waals surface area contributed by atoms with Crippen LogP contribution in [0.15, 0.2) is 36.4 Å². The fraction of sp³-hybridized carbons (Fsp3) is 0.538. The number of fused-ring (bicyclic) bond motifs is 3. The van der Waals surface area contributed by atoms with Gasteiger partial charge in [0.2, 0.25) is 0 Å². The van der Waals surface area contributed by atoms with E-state index in [-0.39, 0.29) is 18.1 Å². The topological polar surface area (TPSA) is 94.7 Å². The second-order valence-electron chi connectivity index (χ2n) is 13.2. The van der Waals surface area contributed by atoms with Crippen molar-refractivity contribution in [1.82, 2.24) is 20.9 Å². The van der Waals surface area contributed by atoms with Crippen LogP contribution in [0.25, 0.3) is 0 Å². The summed E-state index contributed by atoms with van der Waals surface area (Å²) in [6, 6.07) is 13.7. The van der Waals surface area contributed by atoms with Crippen LogP contribution in [0.2, 0.25) is 0 Å². The van der Waals surface area contributed by atoms with Crippen molar-refractivity contribution in [2.24, 2.45) is 0 Å². The third-order valence-corrected chi connectivity index (χ3v) is 10.6. The lowest BCUT2D eigenvalue weighted by Gasteiger charge is -2.34. The summed E-state index contributed by atoms with van der Waals surface area (Å²) in [6.07, 6.45) is 5.96. The Bertz CT molecular complexity index is 1400. The lowest BCUT2D eigenvalue weighted by atomic mass is 9.90. The predicted octanol–water partition coefficient (Wildman–Crippen LogP) is 5.17. The van der Waals surface area contributed by atoms with E-state index < -0.39 is 0 Å². The molecule has 3 aliphatic rings. The third kappa shape index (κ3) is 7.72. The SMILES string of the molecule is COc1cc2c(cc1OC)C(CCN(CCC1NCCc3cc(OC)c(OC)cc31)CCC1NCCc3cc(OC)c(OC)cc31)NCC2. The maximum Gasteiger partial charge on any atom is 0.161 e. The molecule has 0 amide bonds. The van der Waals surface area contributed by atoms with Crippen molar-refractivity contribution in [3.8, 4) is 34.5 Å². The molecule has 10 nitrogen and oxygen atoms in total. The molecule has 10 heteroatoms. The summed E-state index contributed by atoms with van der Waals surface area (Å²) in [5.41, 5.74) is 7.97. The van der Waals surface area contributed by atoms with Gasteiger partial charge in [0, 0.05) is 18.1 Å². The van der Waals surface area contributed by atoms with E-state index in [0.717, 1.165) is 112 Å². The number of hydrogen-bond acceptors (Lipinski definition) is 10. The van der Waals surface area contributed by atoms with Crippen LogP contribution < -0.4 is 44.4 Å². The van der Waals surface area contributed by atoms with Gasteiger partial charge in [-0.25, -0.2) is 0 Å². The number of hydrogen-bond donors (Lipinski definition) is 3. The van der Waals surface area contributed by atoms with Crippen molar-refractivity contribution in [3.63, 3.8) is 0 Å². The molecule has 3 aromatic rings. The average Bonchev–Trinajstić information content (AvgIpc) is 3.15. The Morgan fingerprint density at radius 1 is 0.449 bits per heavy atom. The zero-order valence-corrected chi connectivity index (χ0v) is 30.1. The van der Waals surface area contributed by atoms with E-state index in [0.29, 0.717) is 0 Å². The summed E-state index contributed by atoms with van der Waals surface area (Å²) in [5, 5.41) is 11.4. The van der Waals surface area contributed by atoms with Crippen LogP contribution in [-0.4, -0.2) is 86.8 Å². The zero-order chi connectivity index (χ0) is 34.3. The minimum Gasteiger partial charge on any atom is -0.493 e. The van der Waals surface area contributed by atoms with Crippen molar-refractivity contribution in [3.05, 3.63) is 69.8 Å². The van der Waals surface area contributed by atoms with Gasteiger partial charge in [-0.2, -0.15) is 0 Å². The fourth-order valence-corrected chi connectivity index (χ4v) is 7.95. The molecule has 0 saturated heterocycles. The second-order valence-corrected chi connectivity index (χ2v) is 13.2. The molecule has 6 rings (SSSR count). The van der Waals surface area contributed by atoms with Crippen LogP contribution in [-0.2, 0) is 19.3 Å². The maximum atomic E-state index is 5.70. The summed E-state index contributed by atoms with van der Waals surface area (Å²) < 4.78 is 34.0. The third-order valence-electron chi connectivity index (χ3n) is 10.6. The number of nitrogens with one attached hydrogen (secondary N) is 3. The van der Waals surface area contributed by atoms with Crippen molar-refractivity contribution < 1.29 is 28.4 Å². The summed E-state index contributed by atoms with van der Waals surface area (Å²) in [6.45, 7) is 5.79. The van der Waals surface area contributed by atoms with E-state index in [9.17, 15) is 0 Å². The Labute approximate surface area is 291 Å². The molecule has 49 heavy (non-hydrogen) atoms. The molecule has 0 radical (unpaired) electrons. The smallest absolute Gasteiger partial charge is 0.161 e. The zero-order valence-electron chi connectivity index (χ0n) is 30.1. The molecule has 3 N–H and O–H groups in total. The van der Waals surface area contributed by atoms with Gasteiger partial charge in [0.25, 0.3) is 0 Å². The Morgan fingerprint density at radius 3 is 0.980 bits per heavy atom. The molecule has 3 aliphatic heterocycles. The molecular formula is C39H54N4O6. The van der Waals surface area contributed by atoms with Gasteiger partial charge < -0.3 is 49.3 Å². The van der Waals surface area contributed by atoms with E-state index in [1.165, 1.54) is 33.4 Å². The second kappa shape index (κ2) is 16.3. The molecule has 3 heterocycles. The van der Waals surface area contributed by atoms with Crippen molar-refractivity contribution >= 4 is 0 Å². The van der Waals surface area contributed by atoms with Gasteiger partial charge in [-0.3, -0.25) is 0 Å². The summed E-state index contributed by atoms with van der Waals surface area (Å²) in [5.74, 6) is 4.76. The first-order chi connectivity index (χ1) is 24.0. The first-order valence-corrected chi connectivity index (χ1v) is 17.7. The molecule has 266 valence electrons. The molecule has 0 aromatic heterocycles. The first kappa shape index (κ1) is 35.1. The highest BCUT2D eigenvalue weighted by molar-refractivity contribution is 5.51. The van der Waals surface area contributed by atoms with Crippen molar-refractivity contribution in [1.29, 1.82) is 0 Å². The molecule has 3 aromatic carbocycles. The molecule has 0 aliphatic carbocycles. The van der Waals surface area contributed by atoms with Crippen LogP contribution in [0.1, 0.15) is 70.8 Å². The van der Waals surface area contributed by atoms with Gasteiger partial charge in [-0.1, -0.05) is 0 Å². The highest BCUT2D eigenvalue weighted by Gasteiger charge is 2.27. The van der Waals surface area contributed by atoms with E-state index in [4.69, 9.17) is 28.4 Å². The highest BCUT2D eigenvalue weighted by Crippen LogP contribution is 2.39. The maximum absolute atomic E-state index is 5.70. The molecular weight excluding hydrogens is 620 g/mol. The van der Waals surface area contributed by atoms with Crippen LogP contribution in [0.4, 0.5) is 0 Å². The molecule has 0 fully saturated rings. The number of rotatable bonds is 15. The van der Waals surface area contributed by atoms with Gasteiger partial charge in [0.05, 0.1) is 42.7 Å². The van der Waals surface area contributed by atoms with E-state index >= 15 is 0 Å². The summed E-state index contributed by atoms with van der Waals surface area (Å²) in [4.78, 5) is 2.66. The van der Waals surface area contributed by atoms with Gasteiger partial charge in [0.15, 0.2) is 34.5 Å². The highest BCUT2D eigenvalue weighted by atomic mass is 16.5. The Kier molecular flexibility index (Phi) is 11.7. The van der Waals surface area contributed by atoms with Crippen molar-refractivity contribution in [2.45, 2.75) is 56.7 Å². The normalized spacial score (nSPS) is 19.8. The monoisotopic (exact) mass is 674 g/mol. The van der Waals surface area contributed by atoms with Gasteiger partial charge >= 0.3 is 0 Å². The van der Waals surface area contributed by atoms with E-state index in [1.54, 1.807) is 42.7 Å². The van der Waals surface area contributed by atoms with Crippen LogP contribution in [0.3, 0.4) is 0 Å². The quantitative estimate of drug-likeness (QED) is 0.201.